The Morgan fingerprint density at radius 1 is 0.641 bits per heavy atom. The minimum atomic E-state index is -0.169. The molecule has 0 amide bonds. The monoisotopic (exact) mass is 844 g/mol. The topological polar surface area (TPSA) is 34.4 Å². The summed E-state index contributed by atoms with van der Waals surface area (Å²) in [6, 6.07) is 23.6. The van der Waals surface area contributed by atoms with E-state index in [9.17, 15) is 0 Å². The summed E-state index contributed by atoms with van der Waals surface area (Å²) < 4.78 is 0. The molecule has 0 saturated carbocycles. The number of hydrogen-bond acceptors (Lipinski definition) is 5. The van der Waals surface area contributed by atoms with Crippen molar-refractivity contribution in [2.45, 2.75) is 127 Å². The van der Waals surface area contributed by atoms with Gasteiger partial charge in [-0.3, -0.25) is 0 Å². The van der Waals surface area contributed by atoms with Crippen LogP contribution in [0.1, 0.15) is 120 Å². The van der Waals surface area contributed by atoms with E-state index < -0.39 is 0 Å². The third-order valence-corrected chi connectivity index (χ3v) is 17.0. The van der Waals surface area contributed by atoms with Gasteiger partial charge >= 0.3 is 0 Å². The predicted molar refractivity (Wildman–Crippen MR) is 263 cm³/mol. The summed E-state index contributed by atoms with van der Waals surface area (Å²) in [6.07, 6.45) is 47.4. The fraction of sp³-hybridized carbons (Fsp3) is 0.424. The van der Waals surface area contributed by atoms with Crippen LogP contribution in [0.25, 0.3) is 0 Å². The molecule has 1 fully saturated rings. The number of rotatable bonds is 7. The average Bonchev–Trinajstić information content (AvgIpc) is 3.83. The van der Waals surface area contributed by atoms with Gasteiger partial charge in [-0.15, -0.1) is 0 Å². The van der Waals surface area contributed by atoms with E-state index in [-0.39, 0.29) is 17.5 Å². The van der Waals surface area contributed by atoms with Crippen molar-refractivity contribution in [2.24, 2.45) is 33.2 Å². The summed E-state index contributed by atoms with van der Waals surface area (Å²) in [4.78, 5) is 20.3. The van der Waals surface area contributed by atoms with Crippen molar-refractivity contribution in [1.82, 2.24) is 14.7 Å². The lowest BCUT2D eigenvalue weighted by atomic mass is 9.68. The maximum absolute atomic E-state index is 6.09. The van der Waals surface area contributed by atoms with Crippen LogP contribution >= 0.6 is 0 Å². The largest absolute Gasteiger partial charge is 0.363 e. The first-order chi connectivity index (χ1) is 31.6. The number of benzene rings is 2. The standard InChI is InChI=1S/C59H65N5/c1-59-39-19-18-38-53(59)64(52-37-17-14-34-49(52)59)54-43(40-22-6-3-7-23-40)30-20-32-47(54)56-60-57(42-26-10-5-11-27-42)62(2)58(61-56)48-33-21-31-44(41-24-8-4-9-25-41)55(48)63-50-35-15-12-28-45(50)46-29-13-16-36-51(46)63/h3-6,8-12,14-15,17,19,22,24-28,34-35,37,39,44-45,47,49-50,52-53,57H,7,13,16,18,20-21,23,29-33,36,38H2,1-2H3/t44?,45?,47?,49?,50?,52-,53?,57?,59?/m1/s1. The molecule has 3 aliphatic heterocycles. The van der Waals surface area contributed by atoms with E-state index in [4.69, 9.17) is 9.98 Å². The average molecular weight is 844 g/mol. The highest BCUT2D eigenvalue weighted by Gasteiger charge is 2.57. The molecule has 0 radical (unpaired) electrons. The Balaban J connectivity index is 1.08. The molecule has 0 bridgehead atoms. The second kappa shape index (κ2) is 16.5. The van der Waals surface area contributed by atoms with Crippen LogP contribution in [0.4, 0.5) is 0 Å². The molecule has 2 aromatic carbocycles. The van der Waals surface area contributed by atoms with Gasteiger partial charge in [0.25, 0.3) is 0 Å². The summed E-state index contributed by atoms with van der Waals surface area (Å²) in [5.41, 5.74) is 13.6. The number of amidine groups is 2. The zero-order chi connectivity index (χ0) is 42.8. The van der Waals surface area contributed by atoms with Crippen LogP contribution in [0.5, 0.6) is 0 Å². The SMILES string of the molecule is CN1C(C2=C(N3C4=C(CCCC4)C4C=CC=CC43)C(c3ccccc3)CCC2)=NC(C2CCCC(C3=CC=CCC3)=C2N2C3CCC=CC3(C)C3C=CC=C[C@H]32)=NC1c1ccccc1. The predicted octanol–water partition coefficient (Wildman–Crippen LogP) is 13.4. The van der Waals surface area contributed by atoms with Crippen LogP contribution in [0.3, 0.4) is 0 Å². The molecule has 64 heavy (non-hydrogen) atoms. The first-order valence-electron chi connectivity index (χ1n) is 25.1. The van der Waals surface area contributed by atoms with E-state index in [0.29, 0.717) is 35.9 Å². The molecule has 9 atom stereocenters. The summed E-state index contributed by atoms with van der Waals surface area (Å²) in [5.74, 6) is 3.45. The Labute approximate surface area is 382 Å². The molecule has 10 aliphatic rings. The summed E-state index contributed by atoms with van der Waals surface area (Å²) >= 11 is 0. The van der Waals surface area contributed by atoms with Gasteiger partial charge in [0.05, 0.1) is 18.0 Å². The normalized spacial score (nSPS) is 34.2. The van der Waals surface area contributed by atoms with Crippen molar-refractivity contribution in [1.29, 1.82) is 0 Å². The Bertz CT molecular complexity index is 2550. The van der Waals surface area contributed by atoms with Gasteiger partial charge in [-0.05, 0) is 118 Å². The number of likely N-dealkylation sites (N-methyl/N-ethyl adjacent to an activating group) is 1. The van der Waals surface area contributed by atoms with Crippen LogP contribution in [0, 0.1) is 23.2 Å². The molecular formula is C59H65N5. The minimum absolute atomic E-state index is 0.0674. The van der Waals surface area contributed by atoms with Crippen LogP contribution in [0.2, 0.25) is 0 Å². The molecule has 0 N–H and O–H groups in total. The molecule has 5 nitrogen and oxygen atoms in total. The van der Waals surface area contributed by atoms with Crippen molar-refractivity contribution >= 4 is 11.7 Å². The maximum atomic E-state index is 6.09. The quantitative estimate of drug-likeness (QED) is 0.260. The number of likely N-dealkylation sites (tertiary alicyclic amines) is 1. The zero-order valence-corrected chi connectivity index (χ0v) is 38.0. The van der Waals surface area contributed by atoms with Crippen molar-refractivity contribution in [2.75, 3.05) is 7.05 Å². The Kier molecular flexibility index (Phi) is 10.4. The molecule has 2 aromatic rings. The Morgan fingerprint density at radius 3 is 2.19 bits per heavy atom. The number of hydrogen-bond donors (Lipinski definition) is 0. The zero-order valence-electron chi connectivity index (χ0n) is 38.0. The highest BCUT2D eigenvalue weighted by Crippen LogP contribution is 2.57. The molecule has 7 aliphatic carbocycles. The van der Waals surface area contributed by atoms with E-state index in [1.54, 1.807) is 16.8 Å². The molecular weight excluding hydrogens is 779 g/mol. The lowest BCUT2D eigenvalue weighted by molar-refractivity contribution is 0.188. The molecule has 5 heteroatoms. The van der Waals surface area contributed by atoms with E-state index in [2.05, 4.69) is 168 Å². The van der Waals surface area contributed by atoms with E-state index in [1.165, 1.54) is 59.4 Å². The lowest BCUT2D eigenvalue weighted by Crippen LogP contribution is -2.46. The van der Waals surface area contributed by atoms with Crippen LogP contribution in [0.15, 0.2) is 189 Å². The molecule has 8 unspecified atom stereocenters. The highest BCUT2D eigenvalue weighted by atomic mass is 15.3. The number of aliphatic imine (C=N–C) groups is 2. The van der Waals surface area contributed by atoms with Crippen molar-refractivity contribution in [3.63, 3.8) is 0 Å². The van der Waals surface area contributed by atoms with E-state index >= 15 is 0 Å². The van der Waals surface area contributed by atoms with Crippen molar-refractivity contribution < 1.29 is 0 Å². The van der Waals surface area contributed by atoms with Gasteiger partial charge in [0.1, 0.15) is 17.8 Å². The van der Waals surface area contributed by atoms with E-state index in [1.807, 2.05) is 0 Å². The first-order valence-corrected chi connectivity index (χ1v) is 25.1. The van der Waals surface area contributed by atoms with Gasteiger partial charge in [0.2, 0.25) is 0 Å². The maximum Gasteiger partial charge on any atom is 0.150 e. The van der Waals surface area contributed by atoms with Crippen LogP contribution in [-0.2, 0) is 0 Å². The second-order valence-electron chi connectivity index (χ2n) is 20.4. The van der Waals surface area contributed by atoms with Gasteiger partial charge in [0, 0.05) is 58.9 Å². The Hall–Kier alpha value is -5.42. The first kappa shape index (κ1) is 40.1. The summed E-state index contributed by atoms with van der Waals surface area (Å²) in [5, 5.41) is 0. The molecule has 0 aromatic heterocycles. The van der Waals surface area contributed by atoms with Gasteiger partial charge in [-0.2, -0.15) is 0 Å². The number of nitrogens with zero attached hydrogens (tertiary/aromatic N) is 5. The van der Waals surface area contributed by atoms with Crippen LogP contribution < -0.4 is 0 Å². The lowest BCUT2D eigenvalue weighted by Gasteiger charge is -2.46. The van der Waals surface area contributed by atoms with Gasteiger partial charge in [0.15, 0.2) is 0 Å². The van der Waals surface area contributed by atoms with Gasteiger partial charge in [-0.1, -0.05) is 147 Å². The molecule has 3 heterocycles. The summed E-state index contributed by atoms with van der Waals surface area (Å²) in [6.45, 7) is 2.55. The molecule has 326 valence electrons. The minimum Gasteiger partial charge on any atom is -0.363 e. The van der Waals surface area contributed by atoms with Crippen LogP contribution in [-0.4, -0.2) is 51.5 Å². The fourth-order valence-electron chi connectivity index (χ4n) is 14.1. The Morgan fingerprint density at radius 2 is 1.38 bits per heavy atom. The third kappa shape index (κ3) is 6.53. The molecule has 12 rings (SSSR count). The van der Waals surface area contributed by atoms with Gasteiger partial charge < -0.3 is 14.7 Å². The third-order valence-electron chi connectivity index (χ3n) is 17.0. The number of fused-ring (bicyclic) bond motifs is 5. The summed E-state index contributed by atoms with van der Waals surface area (Å²) in [7, 11) is 2.29. The number of allylic oxidation sites excluding steroid dienone is 12. The van der Waals surface area contributed by atoms with Crippen molar-refractivity contribution in [3.05, 3.63) is 190 Å². The van der Waals surface area contributed by atoms with Gasteiger partial charge in [-0.25, -0.2) is 9.98 Å². The highest BCUT2D eigenvalue weighted by molar-refractivity contribution is 6.09. The van der Waals surface area contributed by atoms with Crippen molar-refractivity contribution in [3.8, 4) is 0 Å². The molecule has 0 spiro atoms. The second-order valence-corrected chi connectivity index (χ2v) is 20.4. The smallest absolute Gasteiger partial charge is 0.150 e. The van der Waals surface area contributed by atoms with E-state index in [0.717, 1.165) is 75.9 Å². The fourth-order valence-corrected chi connectivity index (χ4v) is 14.1. The molecule has 1 saturated heterocycles.